The Kier molecular flexibility index (Phi) is 6.50. The number of hydrogen-bond donors (Lipinski definition) is 0. The maximum absolute atomic E-state index is 10.6. The Hall–Kier alpha value is 0.220. The fourth-order valence-electron chi connectivity index (χ4n) is 0.323. The van der Waals surface area contributed by atoms with Crippen LogP contribution < -0.4 is 0 Å². The molecule has 0 bridgehead atoms. The minimum atomic E-state index is -1.92. The highest BCUT2D eigenvalue weighted by Crippen LogP contribution is 2.22. The molecule has 0 radical (unpaired) electrons. The lowest BCUT2D eigenvalue weighted by molar-refractivity contribution is 0.359. The van der Waals surface area contributed by atoms with Crippen LogP contribution in [0.5, 0.6) is 0 Å². The lowest BCUT2D eigenvalue weighted by Crippen LogP contribution is -1.84. The van der Waals surface area contributed by atoms with Crippen molar-refractivity contribution in [3.05, 3.63) is 11.9 Å². The number of rotatable bonds is 4. The van der Waals surface area contributed by atoms with Gasteiger partial charge in [-0.2, -0.15) is 0 Å². The van der Waals surface area contributed by atoms with Crippen LogP contribution in [0.15, 0.2) is 11.9 Å². The summed E-state index contributed by atoms with van der Waals surface area (Å²) in [6, 6.07) is 0. The van der Waals surface area contributed by atoms with Gasteiger partial charge in [0, 0.05) is 5.88 Å². The number of hydrogen-bond acceptors (Lipinski definition) is 2. The summed E-state index contributed by atoms with van der Waals surface area (Å²) in [5, 5.41) is 0. The van der Waals surface area contributed by atoms with Gasteiger partial charge in [0.2, 0.25) is 8.03 Å². The van der Waals surface area contributed by atoms with Gasteiger partial charge in [-0.05, 0) is 12.7 Å². The molecule has 0 spiro atoms. The van der Waals surface area contributed by atoms with Gasteiger partial charge >= 0.3 is 0 Å². The highest BCUT2D eigenvalue weighted by Gasteiger charge is 1.89. The lowest BCUT2D eigenvalue weighted by Gasteiger charge is -1.93. The van der Waals surface area contributed by atoms with Gasteiger partial charge in [0.15, 0.2) is 0 Å². The molecular formula is C5H10ClO2P. The van der Waals surface area contributed by atoms with Crippen LogP contribution in [0.3, 0.4) is 0 Å². The van der Waals surface area contributed by atoms with Crippen LogP contribution in [-0.2, 0) is 9.09 Å². The van der Waals surface area contributed by atoms with E-state index in [1.54, 1.807) is 13.0 Å². The normalized spacial score (nSPS) is 14.4. The molecule has 54 valence electrons. The molecule has 0 saturated carbocycles. The van der Waals surface area contributed by atoms with E-state index in [1.165, 1.54) is 5.82 Å². The molecule has 2 nitrogen and oxygen atoms in total. The SMILES string of the molecule is CC=C[PH](=O)OCCCl. The predicted molar refractivity (Wildman–Crippen MR) is 40.5 cm³/mol. The second kappa shape index (κ2) is 6.34. The molecule has 0 N–H and O–H groups in total. The number of allylic oxidation sites excluding steroid dienone is 1. The molecule has 0 rings (SSSR count). The maximum atomic E-state index is 10.6. The molecule has 0 heterocycles. The third-order valence-electron chi connectivity index (χ3n) is 0.624. The van der Waals surface area contributed by atoms with Gasteiger partial charge < -0.3 is 4.52 Å². The predicted octanol–water partition coefficient (Wildman–Crippen LogP) is 2.25. The molecule has 0 saturated heterocycles. The van der Waals surface area contributed by atoms with E-state index >= 15 is 0 Å². The van der Waals surface area contributed by atoms with E-state index in [0.29, 0.717) is 12.5 Å². The van der Waals surface area contributed by atoms with Crippen LogP contribution in [0.1, 0.15) is 6.92 Å². The zero-order valence-corrected chi connectivity index (χ0v) is 7.02. The molecule has 1 unspecified atom stereocenters. The Balaban J connectivity index is 3.27. The Labute approximate surface area is 60.7 Å². The third kappa shape index (κ3) is 6.10. The van der Waals surface area contributed by atoms with Gasteiger partial charge in [-0.1, -0.05) is 6.08 Å². The van der Waals surface area contributed by atoms with E-state index in [-0.39, 0.29) is 0 Å². The van der Waals surface area contributed by atoms with E-state index in [9.17, 15) is 4.57 Å². The molecule has 0 aromatic heterocycles. The average molecular weight is 169 g/mol. The molecule has 0 aliphatic carbocycles. The Morgan fingerprint density at radius 3 is 2.89 bits per heavy atom. The van der Waals surface area contributed by atoms with Crippen molar-refractivity contribution in [2.24, 2.45) is 0 Å². The Morgan fingerprint density at radius 2 is 2.44 bits per heavy atom. The maximum Gasteiger partial charge on any atom is 0.213 e. The number of halogens is 1. The van der Waals surface area contributed by atoms with E-state index in [0.717, 1.165) is 0 Å². The fraction of sp³-hybridized carbons (Fsp3) is 0.600. The minimum absolute atomic E-state index is 0.365. The van der Waals surface area contributed by atoms with E-state index in [1.807, 2.05) is 0 Å². The molecule has 0 aliphatic heterocycles. The lowest BCUT2D eigenvalue weighted by atomic mass is 10.8. The van der Waals surface area contributed by atoms with Crippen molar-refractivity contribution in [1.29, 1.82) is 0 Å². The standard InChI is InChI=1S/C5H10ClO2P/c1-2-5-9(7)8-4-3-6/h2,5,9H,3-4H2,1H3. The van der Waals surface area contributed by atoms with Crippen molar-refractivity contribution in [1.82, 2.24) is 0 Å². The first-order valence-corrected chi connectivity index (χ1v) is 4.59. The van der Waals surface area contributed by atoms with Crippen LogP contribution in [-0.4, -0.2) is 12.5 Å². The zero-order valence-electron chi connectivity index (χ0n) is 5.26. The highest BCUT2D eigenvalue weighted by molar-refractivity contribution is 7.42. The second-order valence-electron chi connectivity index (χ2n) is 1.36. The summed E-state index contributed by atoms with van der Waals surface area (Å²) >= 11 is 5.27. The summed E-state index contributed by atoms with van der Waals surface area (Å²) in [6.07, 6.45) is 1.70. The van der Waals surface area contributed by atoms with E-state index in [2.05, 4.69) is 0 Å². The summed E-state index contributed by atoms with van der Waals surface area (Å²) in [4.78, 5) is 0. The van der Waals surface area contributed by atoms with Crippen molar-refractivity contribution >= 4 is 19.6 Å². The molecule has 1 atom stereocenters. The highest BCUT2D eigenvalue weighted by atomic mass is 35.5. The van der Waals surface area contributed by atoms with Crippen LogP contribution in [0, 0.1) is 0 Å². The third-order valence-corrected chi connectivity index (χ3v) is 1.87. The van der Waals surface area contributed by atoms with Crippen molar-refractivity contribution in [2.75, 3.05) is 12.5 Å². The molecule has 0 fully saturated rings. The summed E-state index contributed by atoms with van der Waals surface area (Å²) < 4.78 is 15.4. The monoisotopic (exact) mass is 168 g/mol. The topological polar surface area (TPSA) is 26.3 Å². The molecular weight excluding hydrogens is 158 g/mol. The first-order chi connectivity index (χ1) is 4.31. The van der Waals surface area contributed by atoms with Gasteiger partial charge in [-0.25, -0.2) is 0 Å². The Bertz CT molecular complexity index is 114. The van der Waals surface area contributed by atoms with Crippen molar-refractivity contribution < 1.29 is 9.09 Å². The average Bonchev–Trinajstić information content (AvgIpc) is 1.85. The molecule has 0 amide bonds. The van der Waals surface area contributed by atoms with Gasteiger partial charge in [0.25, 0.3) is 0 Å². The molecule has 0 aromatic carbocycles. The summed E-state index contributed by atoms with van der Waals surface area (Å²) in [7, 11) is -1.92. The summed E-state index contributed by atoms with van der Waals surface area (Å²) in [5.41, 5.74) is 0. The minimum Gasteiger partial charge on any atom is -0.326 e. The first kappa shape index (κ1) is 9.22. The van der Waals surface area contributed by atoms with Gasteiger partial charge in [0.05, 0.1) is 6.61 Å². The van der Waals surface area contributed by atoms with Crippen LogP contribution >= 0.6 is 19.6 Å². The van der Waals surface area contributed by atoms with Gasteiger partial charge in [-0.3, -0.25) is 4.57 Å². The molecule has 4 heteroatoms. The summed E-state index contributed by atoms with van der Waals surface area (Å²) in [5.74, 6) is 1.94. The largest absolute Gasteiger partial charge is 0.326 e. The first-order valence-electron chi connectivity index (χ1n) is 2.66. The Morgan fingerprint density at radius 1 is 1.78 bits per heavy atom. The van der Waals surface area contributed by atoms with Crippen molar-refractivity contribution in [3.8, 4) is 0 Å². The van der Waals surface area contributed by atoms with Crippen LogP contribution in [0.4, 0.5) is 0 Å². The molecule has 0 aliphatic rings. The van der Waals surface area contributed by atoms with Crippen molar-refractivity contribution in [3.63, 3.8) is 0 Å². The van der Waals surface area contributed by atoms with Gasteiger partial charge in [0.1, 0.15) is 0 Å². The fourth-order valence-corrected chi connectivity index (χ4v) is 1.20. The smallest absolute Gasteiger partial charge is 0.213 e. The van der Waals surface area contributed by atoms with Crippen LogP contribution in [0.25, 0.3) is 0 Å². The quantitative estimate of drug-likeness (QED) is 0.475. The molecule has 0 aromatic rings. The van der Waals surface area contributed by atoms with Crippen molar-refractivity contribution in [2.45, 2.75) is 6.92 Å². The molecule has 9 heavy (non-hydrogen) atoms. The number of alkyl halides is 1. The van der Waals surface area contributed by atoms with Gasteiger partial charge in [-0.15, -0.1) is 11.6 Å². The van der Waals surface area contributed by atoms with E-state index in [4.69, 9.17) is 16.1 Å². The summed E-state index contributed by atoms with van der Waals surface area (Å²) in [6.45, 7) is 2.16. The van der Waals surface area contributed by atoms with Crippen LogP contribution in [0.2, 0.25) is 0 Å². The zero-order chi connectivity index (χ0) is 7.11. The second-order valence-corrected chi connectivity index (χ2v) is 2.99. The van der Waals surface area contributed by atoms with E-state index < -0.39 is 8.03 Å².